The molecule has 2 aliphatic heterocycles. The molecule has 0 aliphatic carbocycles. The summed E-state index contributed by atoms with van der Waals surface area (Å²) in [7, 11) is 0. The lowest BCUT2D eigenvalue weighted by Crippen LogP contribution is -2.67. The smallest absolute Gasteiger partial charge is 0.332 e. The zero-order valence-corrected chi connectivity index (χ0v) is 19.0. The Hall–Kier alpha value is -2.82. The predicted octanol–water partition coefficient (Wildman–Crippen LogP) is 2.41. The van der Waals surface area contributed by atoms with Gasteiger partial charge < -0.3 is 34.1 Å². The Morgan fingerprint density at radius 1 is 1.09 bits per heavy atom. The van der Waals surface area contributed by atoms with Gasteiger partial charge in [0.2, 0.25) is 5.91 Å². The van der Waals surface area contributed by atoms with Crippen molar-refractivity contribution in [1.29, 1.82) is 0 Å². The first-order chi connectivity index (χ1) is 16.4. The minimum atomic E-state index is -1.14. The summed E-state index contributed by atoms with van der Waals surface area (Å²) >= 11 is 0. The summed E-state index contributed by atoms with van der Waals surface area (Å²) in [4.78, 5) is 23.7. The second kappa shape index (κ2) is 11.1. The van der Waals surface area contributed by atoms with Gasteiger partial charge in [-0.2, -0.15) is 0 Å². The van der Waals surface area contributed by atoms with Crippen molar-refractivity contribution in [3.8, 4) is 0 Å². The van der Waals surface area contributed by atoms with Gasteiger partial charge in [0, 0.05) is 12.5 Å². The Labute approximate surface area is 197 Å². The molecule has 1 amide bonds. The van der Waals surface area contributed by atoms with Crippen LogP contribution in [0.5, 0.6) is 0 Å². The molecule has 7 atom stereocenters. The van der Waals surface area contributed by atoms with Gasteiger partial charge in [-0.1, -0.05) is 60.7 Å². The van der Waals surface area contributed by atoms with Crippen LogP contribution in [0, 0.1) is 0 Å². The molecule has 2 saturated heterocycles. The minimum Gasteiger partial charge on any atom is -0.479 e. The monoisotopic (exact) mass is 471 g/mol. The fraction of sp³-hybridized carbons (Fsp3) is 0.440. The maximum Gasteiger partial charge on any atom is 0.332 e. The number of carbonyl (C=O) groups excluding carboxylic acids is 1. The normalized spacial score (nSPS) is 29.6. The molecule has 0 saturated carbocycles. The number of rotatable bonds is 8. The maximum absolute atomic E-state index is 12.1. The number of amides is 1. The molecule has 9 nitrogen and oxygen atoms in total. The van der Waals surface area contributed by atoms with Crippen LogP contribution in [-0.2, 0) is 39.9 Å². The number of ether oxygens (including phenoxy) is 5. The molecule has 4 rings (SSSR count). The highest BCUT2D eigenvalue weighted by Crippen LogP contribution is 2.36. The molecule has 0 spiro atoms. The quantitative estimate of drug-likeness (QED) is 0.604. The van der Waals surface area contributed by atoms with Crippen molar-refractivity contribution in [1.82, 2.24) is 5.32 Å². The van der Waals surface area contributed by atoms with Crippen molar-refractivity contribution in [2.24, 2.45) is 0 Å². The fourth-order valence-corrected chi connectivity index (χ4v) is 4.09. The van der Waals surface area contributed by atoms with E-state index >= 15 is 0 Å². The summed E-state index contributed by atoms with van der Waals surface area (Å²) in [6.07, 6.45) is -4.87. The third-order valence-corrected chi connectivity index (χ3v) is 5.75. The molecule has 34 heavy (non-hydrogen) atoms. The molecule has 0 unspecified atom stereocenters. The average molecular weight is 472 g/mol. The van der Waals surface area contributed by atoms with Gasteiger partial charge in [-0.3, -0.25) is 4.79 Å². The molecule has 2 aromatic rings. The molecule has 0 bridgehead atoms. The Kier molecular flexibility index (Phi) is 7.91. The van der Waals surface area contributed by atoms with Gasteiger partial charge in [-0.25, -0.2) is 4.79 Å². The topological polar surface area (TPSA) is 113 Å². The summed E-state index contributed by atoms with van der Waals surface area (Å²) in [5, 5.41) is 12.3. The summed E-state index contributed by atoms with van der Waals surface area (Å²) in [6, 6.07) is 18.1. The largest absolute Gasteiger partial charge is 0.479 e. The van der Waals surface area contributed by atoms with Gasteiger partial charge in [-0.15, -0.1) is 0 Å². The molecule has 2 N–H and O–H groups in total. The van der Waals surface area contributed by atoms with E-state index in [9.17, 15) is 14.7 Å². The summed E-state index contributed by atoms with van der Waals surface area (Å²) < 4.78 is 30.3. The van der Waals surface area contributed by atoms with Crippen LogP contribution in [0.3, 0.4) is 0 Å². The van der Waals surface area contributed by atoms with Gasteiger partial charge in [-0.05, 0) is 12.5 Å². The molecule has 2 heterocycles. The predicted molar refractivity (Wildman–Crippen MR) is 119 cm³/mol. The molecular weight excluding hydrogens is 442 g/mol. The summed E-state index contributed by atoms with van der Waals surface area (Å²) in [5.74, 6) is -1.46. The first kappa shape index (κ1) is 24.3. The van der Waals surface area contributed by atoms with Gasteiger partial charge in [0.15, 0.2) is 18.7 Å². The SMILES string of the molecule is CC(=O)N[C@@H]1[C@H](OCc2ccccc2)O[C@@H]2CO[C@H](c3ccccc3)O[C@@H]2[C@@H]1O[C@H](C)C(=O)O. The van der Waals surface area contributed by atoms with E-state index in [2.05, 4.69) is 5.32 Å². The standard InChI is InChI=1S/C25H29NO8/c1-15(23(28)29)32-22-20(26-16(2)27)25(30-13-17-9-5-3-6-10-17)33-19-14-31-24(34-21(19)22)18-11-7-4-8-12-18/h3-12,15,19-22,24-25H,13-14H2,1-2H3,(H,26,27)(H,28,29)/t15-,19-,20+,21+,22-,24+,25-/m1/s1. The van der Waals surface area contributed by atoms with E-state index in [4.69, 9.17) is 23.7 Å². The number of aliphatic carboxylic acids is 1. The molecule has 2 aromatic carbocycles. The second-order valence-electron chi connectivity index (χ2n) is 8.32. The van der Waals surface area contributed by atoms with E-state index in [1.807, 2.05) is 60.7 Å². The van der Waals surface area contributed by atoms with Crippen molar-refractivity contribution < 1.29 is 38.4 Å². The summed E-state index contributed by atoms with van der Waals surface area (Å²) in [6.45, 7) is 3.22. The van der Waals surface area contributed by atoms with E-state index in [0.29, 0.717) is 0 Å². The van der Waals surface area contributed by atoms with Gasteiger partial charge in [0.05, 0.1) is 13.2 Å². The van der Waals surface area contributed by atoms with Crippen molar-refractivity contribution >= 4 is 11.9 Å². The number of carboxylic acids is 1. The van der Waals surface area contributed by atoms with Crippen molar-refractivity contribution in [3.05, 3.63) is 71.8 Å². The molecule has 182 valence electrons. The molecular formula is C25H29NO8. The highest BCUT2D eigenvalue weighted by Gasteiger charge is 2.52. The van der Waals surface area contributed by atoms with E-state index < -0.39 is 49.0 Å². The highest BCUT2D eigenvalue weighted by molar-refractivity contribution is 5.73. The zero-order chi connectivity index (χ0) is 24.1. The number of benzene rings is 2. The van der Waals surface area contributed by atoms with Crippen LogP contribution < -0.4 is 5.32 Å². The molecule has 0 aromatic heterocycles. The van der Waals surface area contributed by atoms with E-state index in [0.717, 1.165) is 11.1 Å². The first-order valence-corrected chi connectivity index (χ1v) is 11.2. The molecule has 0 radical (unpaired) electrons. The van der Waals surface area contributed by atoms with Gasteiger partial charge in [0.1, 0.15) is 24.4 Å². The highest BCUT2D eigenvalue weighted by atomic mass is 16.8. The first-order valence-electron chi connectivity index (χ1n) is 11.2. The second-order valence-corrected chi connectivity index (χ2v) is 8.32. The lowest BCUT2D eigenvalue weighted by molar-refractivity contribution is -0.351. The van der Waals surface area contributed by atoms with E-state index in [-0.39, 0.29) is 19.1 Å². The van der Waals surface area contributed by atoms with Crippen LogP contribution in [0.1, 0.15) is 31.3 Å². The third kappa shape index (κ3) is 5.81. The van der Waals surface area contributed by atoms with Crippen LogP contribution in [0.4, 0.5) is 0 Å². The Morgan fingerprint density at radius 2 is 1.76 bits per heavy atom. The maximum atomic E-state index is 12.1. The minimum absolute atomic E-state index is 0.184. The number of carbonyl (C=O) groups is 2. The van der Waals surface area contributed by atoms with Gasteiger partial charge in [0.25, 0.3) is 0 Å². The van der Waals surface area contributed by atoms with Crippen LogP contribution >= 0.6 is 0 Å². The average Bonchev–Trinajstić information content (AvgIpc) is 2.84. The number of carboxylic acid groups (broad SMARTS) is 1. The molecule has 9 heteroatoms. The van der Waals surface area contributed by atoms with Crippen molar-refractivity contribution in [2.75, 3.05) is 6.61 Å². The Bertz CT molecular complexity index is 956. The third-order valence-electron chi connectivity index (χ3n) is 5.75. The fourth-order valence-electron chi connectivity index (χ4n) is 4.09. The lowest BCUT2D eigenvalue weighted by atomic mass is 9.95. The number of hydrogen-bond donors (Lipinski definition) is 2. The molecule has 2 fully saturated rings. The van der Waals surface area contributed by atoms with Crippen molar-refractivity contribution in [3.63, 3.8) is 0 Å². The Balaban J connectivity index is 1.59. The van der Waals surface area contributed by atoms with Crippen LogP contribution in [0.2, 0.25) is 0 Å². The zero-order valence-electron chi connectivity index (χ0n) is 19.0. The van der Waals surface area contributed by atoms with Crippen molar-refractivity contribution in [2.45, 2.75) is 63.5 Å². The number of nitrogens with one attached hydrogen (secondary N) is 1. The van der Waals surface area contributed by atoms with Crippen LogP contribution in [0.15, 0.2) is 60.7 Å². The van der Waals surface area contributed by atoms with E-state index in [1.54, 1.807) is 0 Å². The number of hydrogen-bond acceptors (Lipinski definition) is 7. The number of fused-ring (bicyclic) bond motifs is 1. The van der Waals surface area contributed by atoms with Crippen LogP contribution in [-0.4, -0.2) is 60.3 Å². The molecule has 2 aliphatic rings. The van der Waals surface area contributed by atoms with E-state index in [1.165, 1.54) is 13.8 Å². The van der Waals surface area contributed by atoms with Crippen LogP contribution in [0.25, 0.3) is 0 Å². The van der Waals surface area contributed by atoms with Gasteiger partial charge >= 0.3 is 5.97 Å². The lowest BCUT2D eigenvalue weighted by Gasteiger charge is -2.49. The summed E-state index contributed by atoms with van der Waals surface area (Å²) in [5.41, 5.74) is 1.73. The Morgan fingerprint density at radius 3 is 2.41 bits per heavy atom.